The molecule has 7 aromatic rings. The van der Waals surface area contributed by atoms with Crippen molar-refractivity contribution in [2.24, 2.45) is 0 Å². The number of benzene rings is 2. The zero-order valence-electron chi connectivity index (χ0n) is 21.8. The van der Waals surface area contributed by atoms with Crippen LogP contribution in [0.3, 0.4) is 0 Å². The number of anilines is 1. The first-order valence-corrected chi connectivity index (χ1v) is 13.0. The Morgan fingerprint density at radius 3 is 2.57 bits per heavy atom. The highest BCUT2D eigenvalue weighted by Crippen LogP contribution is 2.34. The summed E-state index contributed by atoms with van der Waals surface area (Å²) in [5.41, 5.74) is 4.48. The van der Waals surface area contributed by atoms with Gasteiger partial charge in [0.1, 0.15) is 22.7 Å². The van der Waals surface area contributed by atoms with Crippen LogP contribution in [0.2, 0.25) is 0 Å². The van der Waals surface area contributed by atoms with Gasteiger partial charge in [0.15, 0.2) is 11.6 Å². The average Bonchev–Trinajstić information content (AvgIpc) is 3.63. The summed E-state index contributed by atoms with van der Waals surface area (Å²) in [6.07, 6.45) is 6.23. The number of nitrogens with one attached hydrogen (secondary N) is 3. The zero-order chi connectivity index (χ0) is 28.6. The number of hydrogen-bond acceptors (Lipinski definition) is 6. The summed E-state index contributed by atoms with van der Waals surface area (Å²) < 4.78 is 30.0. The highest BCUT2D eigenvalue weighted by molar-refractivity contribution is 5.97. The Morgan fingerprint density at radius 2 is 1.71 bits per heavy atom. The number of amides is 1. The Hall–Kier alpha value is -5.84. The molecular weight excluding hydrogens is 538 g/mol. The summed E-state index contributed by atoms with van der Waals surface area (Å²) in [4.78, 5) is 33.3. The lowest BCUT2D eigenvalue weighted by Gasteiger charge is -2.08. The van der Waals surface area contributed by atoms with Crippen molar-refractivity contribution in [3.05, 3.63) is 109 Å². The highest BCUT2D eigenvalue weighted by Gasteiger charge is 2.22. The Morgan fingerprint density at radius 1 is 0.833 bits per heavy atom. The maximum Gasteiger partial charge on any atom is 0.228 e. The van der Waals surface area contributed by atoms with Crippen molar-refractivity contribution < 1.29 is 13.6 Å². The van der Waals surface area contributed by atoms with Crippen LogP contribution in [0.1, 0.15) is 5.56 Å². The van der Waals surface area contributed by atoms with Crippen molar-refractivity contribution in [3.8, 4) is 34.0 Å². The third kappa shape index (κ3) is 4.62. The second-order valence-corrected chi connectivity index (χ2v) is 9.61. The lowest BCUT2D eigenvalue weighted by Crippen LogP contribution is -2.14. The molecule has 1 amide bonds. The van der Waals surface area contributed by atoms with Gasteiger partial charge in [0.25, 0.3) is 0 Å². The third-order valence-electron chi connectivity index (χ3n) is 6.77. The van der Waals surface area contributed by atoms with Crippen LogP contribution in [0.25, 0.3) is 56.0 Å². The quantitative estimate of drug-likeness (QED) is 0.227. The number of imidazole rings is 1. The second-order valence-electron chi connectivity index (χ2n) is 9.61. The maximum atomic E-state index is 16.1. The van der Waals surface area contributed by atoms with Gasteiger partial charge < -0.3 is 10.3 Å². The smallest absolute Gasteiger partial charge is 0.228 e. The minimum Gasteiger partial charge on any atom is -0.336 e. The van der Waals surface area contributed by atoms with Crippen LogP contribution in [0.5, 0.6) is 0 Å². The number of rotatable bonds is 6. The minimum atomic E-state index is -0.630. The first-order chi connectivity index (χ1) is 20.5. The fourth-order valence-corrected chi connectivity index (χ4v) is 4.87. The van der Waals surface area contributed by atoms with Gasteiger partial charge in [0.05, 0.1) is 46.6 Å². The number of carbonyl (C=O) groups excluding carboxylic acids is 1. The van der Waals surface area contributed by atoms with Crippen LogP contribution in [-0.2, 0) is 11.2 Å². The van der Waals surface area contributed by atoms with Crippen LogP contribution in [0.4, 0.5) is 14.5 Å². The molecule has 9 nitrogen and oxygen atoms in total. The number of aromatic amines is 2. The molecule has 0 aliphatic carbocycles. The van der Waals surface area contributed by atoms with E-state index in [-0.39, 0.29) is 29.1 Å². The molecule has 0 radical (unpaired) electrons. The van der Waals surface area contributed by atoms with Crippen molar-refractivity contribution in [2.75, 3.05) is 5.32 Å². The number of aromatic nitrogens is 7. The van der Waals surface area contributed by atoms with Gasteiger partial charge in [-0.3, -0.25) is 24.8 Å². The number of hydrogen-bond donors (Lipinski definition) is 3. The molecule has 42 heavy (non-hydrogen) atoms. The predicted octanol–water partition coefficient (Wildman–Crippen LogP) is 6.08. The van der Waals surface area contributed by atoms with Gasteiger partial charge in [-0.1, -0.05) is 42.5 Å². The van der Waals surface area contributed by atoms with E-state index in [1.165, 1.54) is 30.7 Å². The van der Waals surface area contributed by atoms with E-state index in [0.29, 0.717) is 44.9 Å². The van der Waals surface area contributed by atoms with Crippen LogP contribution >= 0.6 is 0 Å². The standard InChI is InChI=1S/C31H20F2N8O/c32-20-8-4-7-18(12-20)28-29-22(9-10-35-28)38-31(39-29)30-25-23(40-41-30)16-36-27(26(25)33)19-13-21(15-34-14-19)37-24(42)11-17-5-2-1-3-6-17/h1-10,12-16H,11H2,(H,37,42)(H,38,39)(H,40,41). The summed E-state index contributed by atoms with van der Waals surface area (Å²) in [7, 11) is 0. The Bertz CT molecular complexity index is 2110. The molecule has 5 heterocycles. The number of carbonyl (C=O) groups is 1. The van der Waals surface area contributed by atoms with E-state index in [1.807, 2.05) is 30.3 Å². The summed E-state index contributed by atoms with van der Waals surface area (Å²) in [6.45, 7) is 0. The van der Waals surface area contributed by atoms with Gasteiger partial charge in [-0.25, -0.2) is 13.8 Å². The Kier molecular flexibility index (Phi) is 6.16. The van der Waals surface area contributed by atoms with Gasteiger partial charge in [-0.2, -0.15) is 5.10 Å². The van der Waals surface area contributed by atoms with Crippen molar-refractivity contribution in [3.63, 3.8) is 0 Å². The molecule has 0 aliphatic heterocycles. The van der Waals surface area contributed by atoms with Gasteiger partial charge in [-0.15, -0.1) is 0 Å². The van der Waals surface area contributed by atoms with Crippen LogP contribution < -0.4 is 5.32 Å². The normalized spacial score (nSPS) is 11.3. The van der Waals surface area contributed by atoms with E-state index in [0.717, 1.165) is 5.56 Å². The molecule has 0 atom stereocenters. The summed E-state index contributed by atoms with van der Waals surface area (Å²) in [5.74, 6) is -0.942. The largest absolute Gasteiger partial charge is 0.336 e. The molecule has 0 saturated heterocycles. The van der Waals surface area contributed by atoms with Gasteiger partial charge >= 0.3 is 0 Å². The molecule has 3 N–H and O–H groups in total. The second kappa shape index (κ2) is 10.3. The first-order valence-electron chi connectivity index (χ1n) is 13.0. The average molecular weight is 559 g/mol. The number of halogens is 2. The first kappa shape index (κ1) is 25.1. The van der Waals surface area contributed by atoms with Crippen molar-refractivity contribution in [1.29, 1.82) is 0 Å². The summed E-state index contributed by atoms with van der Waals surface area (Å²) in [5, 5.41) is 10.1. The molecule has 2 aromatic carbocycles. The zero-order valence-corrected chi connectivity index (χ0v) is 21.8. The summed E-state index contributed by atoms with van der Waals surface area (Å²) in [6, 6.07) is 18.8. The SMILES string of the molecule is O=C(Cc1ccccc1)Nc1cncc(-c2ncc3[nH]nc(-c4nc5c(-c6cccc(F)c6)nccc5[nH]4)c3c2F)c1. The van der Waals surface area contributed by atoms with Crippen molar-refractivity contribution in [2.45, 2.75) is 6.42 Å². The number of nitrogens with zero attached hydrogens (tertiary/aromatic N) is 5. The highest BCUT2D eigenvalue weighted by atomic mass is 19.1. The van der Waals surface area contributed by atoms with Crippen molar-refractivity contribution >= 4 is 33.5 Å². The van der Waals surface area contributed by atoms with Gasteiger partial charge in [0.2, 0.25) is 5.91 Å². The number of fused-ring (bicyclic) bond motifs is 2. The molecule has 0 saturated carbocycles. The monoisotopic (exact) mass is 558 g/mol. The molecule has 204 valence electrons. The molecular formula is C31H20F2N8O. The van der Waals surface area contributed by atoms with E-state index < -0.39 is 11.6 Å². The fraction of sp³-hybridized carbons (Fsp3) is 0.0323. The van der Waals surface area contributed by atoms with Crippen LogP contribution in [-0.4, -0.2) is 41.0 Å². The minimum absolute atomic E-state index is 0.0371. The predicted molar refractivity (Wildman–Crippen MR) is 154 cm³/mol. The maximum absolute atomic E-state index is 16.1. The number of H-pyrrole nitrogens is 2. The Labute approximate surface area is 236 Å². The van der Waals surface area contributed by atoms with E-state index in [2.05, 4.69) is 40.4 Å². The lowest BCUT2D eigenvalue weighted by molar-refractivity contribution is -0.115. The molecule has 5 aromatic heterocycles. The van der Waals surface area contributed by atoms with Crippen molar-refractivity contribution in [1.82, 2.24) is 35.1 Å². The van der Waals surface area contributed by atoms with Gasteiger partial charge in [0, 0.05) is 23.5 Å². The number of pyridine rings is 3. The molecule has 0 bridgehead atoms. The molecule has 0 aliphatic rings. The fourth-order valence-electron chi connectivity index (χ4n) is 4.87. The Balaban J connectivity index is 1.25. The third-order valence-corrected chi connectivity index (χ3v) is 6.77. The molecule has 0 fully saturated rings. The van der Waals surface area contributed by atoms with E-state index in [1.54, 1.807) is 30.5 Å². The van der Waals surface area contributed by atoms with Gasteiger partial charge in [-0.05, 0) is 29.8 Å². The summed E-state index contributed by atoms with van der Waals surface area (Å²) >= 11 is 0. The lowest BCUT2D eigenvalue weighted by atomic mass is 10.1. The van der Waals surface area contributed by atoms with E-state index in [9.17, 15) is 9.18 Å². The topological polar surface area (TPSA) is 125 Å². The molecule has 0 spiro atoms. The van der Waals surface area contributed by atoms with E-state index in [4.69, 9.17) is 0 Å². The molecule has 7 rings (SSSR count). The molecule has 0 unspecified atom stereocenters. The van der Waals surface area contributed by atoms with E-state index >= 15 is 4.39 Å². The van der Waals surface area contributed by atoms with Crippen LogP contribution in [0.15, 0.2) is 91.5 Å². The van der Waals surface area contributed by atoms with Crippen LogP contribution in [0, 0.1) is 11.6 Å². The molecule has 11 heteroatoms.